The van der Waals surface area contributed by atoms with E-state index in [1.54, 1.807) is 0 Å². The monoisotopic (exact) mass is 272 g/mol. The van der Waals surface area contributed by atoms with Crippen molar-refractivity contribution in [3.8, 4) is 0 Å². The Hall–Kier alpha value is -1.13. The molecule has 4 rings (SSSR count). The fraction of sp³-hybridized carbons (Fsp3) is 0.286. The highest BCUT2D eigenvalue weighted by atomic mass is 32.2. The van der Waals surface area contributed by atoms with Crippen LogP contribution in [0, 0.1) is 4.64 Å². The van der Waals surface area contributed by atoms with E-state index in [4.69, 9.17) is 12.2 Å². The van der Waals surface area contributed by atoms with E-state index >= 15 is 0 Å². The van der Waals surface area contributed by atoms with Gasteiger partial charge in [0.05, 0.1) is 0 Å². The van der Waals surface area contributed by atoms with Gasteiger partial charge < -0.3 is 4.98 Å². The summed E-state index contributed by atoms with van der Waals surface area (Å²) in [7, 11) is 0. The highest BCUT2D eigenvalue weighted by molar-refractivity contribution is 7.98. The Balaban J connectivity index is 1.80. The van der Waals surface area contributed by atoms with Crippen LogP contribution in [0.15, 0.2) is 24.3 Å². The Morgan fingerprint density at radius 1 is 1.28 bits per heavy atom. The van der Waals surface area contributed by atoms with E-state index in [0.29, 0.717) is 5.92 Å². The fourth-order valence-corrected chi connectivity index (χ4v) is 4.21. The second kappa shape index (κ2) is 3.93. The van der Waals surface area contributed by atoms with Crippen LogP contribution in [0.1, 0.15) is 34.1 Å². The van der Waals surface area contributed by atoms with Crippen molar-refractivity contribution in [2.75, 3.05) is 0 Å². The van der Waals surface area contributed by atoms with Crippen LogP contribution in [-0.4, -0.2) is 9.97 Å². The Morgan fingerprint density at radius 2 is 2.17 bits per heavy atom. The van der Waals surface area contributed by atoms with Crippen molar-refractivity contribution >= 4 is 24.0 Å². The van der Waals surface area contributed by atoms with E-state index < -0.39 is 0 Å². The normalized spacial score (nSPS) is 20.1. The first-order valence-corrected chi connectivity index (χ1v) is 7.67. The molecule has 1 aromatic heterocycles. The molecule has 1 unspecified atom stereocenters. The molecule has 90 valence electrons. The molecule has 2 aromatic rings. The lowest BCUT2D eigenvalue weighted by Crippen LogP contribution is -2.21. The molecular weight excluding hydrogens is 260 g/mol. The van der Waals surface area contributed by atoms with Crippen molar-refractivity contribution in [2.24, 2.45) is 0 Å². The number of fused-ring (bicyclic) bond motifs is 2. The quantitative estimate of drug-likeness (QED) is 0.805. The van der Waals surface area contributed by atoms with E-state index in [1.807, 2.05) is 11.8 Å². The number of thioether (sulfide) groups is 1. The number of aromatic amines is 1. The molecule has 18 heavy (non-hydrogen) atoms. The first-order chi connectivity index (χ1) is 8.83. The van der Waals surface area contributed by atoms with Crippen LogP contribution < -0.4 is 0 Å². The molecule has 1 aliphatic carbocycles. The Labute approximate surface area is 115 Å². The molecule has 0 spiro atoms. The molecule has 2 nitrogen and oxygen atoms in total. The van der Waals surface area contributed by atoms with Crippen molar-refractivity contribution < 1.29 is 0 Å². The number of benzene rings is 1. The third kappa shape index (κ3) is 1.49. The van der Waals surface area contributed by atoms with Gasteiger partial charge in [0.2, 0.25) is 0 Å². The van der Waals surface area contributed by atoms with Crippen molar-refractivity contribution in [1.82, 2.24) is 9.97 Å². The summed E-state index contributed by atoms with van der Waals surface area (Å²) in [6, 6.07) is 8.60. The lowest BCUT2D eigenvalue weighted by atomic mass is 9.77. The molecule has 0 saturated heterocycles. The minimum absolute atomic E-state index is 0.416. The zero-order valence-corrected chi connectivity index (χ0v) is 11.4. The van der Waals surface area contributed by atoms with Crippen molar-refractivity contribution in [3.63, 3.8) is 0 Å². The topological polar surface area (TPSA) is 28.7 Å². The van der Waals surface area contributed by atoms with Crippen molar-refractivity contribution in [2.45, 2.75) is 23.8 Å². The Kier molecular flexibility index (Phi) is 2.35. The summed E-state index contributed by atoms with van der Waals surface area (Å²) in [6.07, 6.45) is 1.08. The third-order valence-corrected chi connectivity index (χ3v) is 5.12. The van der Waals surface area contributed by atoms with Gasteiger partial charge in [-0.2, -0.15) is 11.8 Å². The summed E-state index contributed by atoms with van der Waals surface area (Å²) in [5, 5.41) is 0. The lowest BCUT2D eigenvalue weighted by Gasteiger charge is -2.29. The second-order valence-corrected chi connectivity index (χ2v) is 6.20. The highest BCUT2D eigenvalue weighted by Gasteiger charge is 2.29. The first-order valence-electron chi connectivity index (χ1n) is 6.10. The third-order valence-electron chi connectivity index (χ3n) is 3.80. The van der Waals surface area contributed by atoms with Crippen LogP contribution in [0.5, 0.6) is 0 Å². The van der Waals surface area contributed by atoms with E-state index in [-0.39, 0.29) is 0 Å². The summed E-state index contributed by atoms with van der Waals surface area (Å²) in [4.78, 5) is 8.12. The molecular formula is C14H12N2S2. The molecule has 0 bridgehead atoms. The van der Waals surface area contributed by atoms with Crippen LogP contribution in [0.4, 0.5) is 0 Å². The predicted octanol–water partition coefficient (Wildman–Crippen LogP) is 3.57. The van der Waals surface area contributed by atoms with Gasteiger partial charge in [-0.05, 0) is 17.5 Å². The second-order valence-electron chi connectivity index (χ2n) is 4.83. The molecule has 0 amide bonds. The van der Waals surface area contributed by atoms with Gasteiger partial charge >= 0.3 is 0 Å². The van der Waals surface area contributed by atoms with E-state index in [9.17, 15) is 0 Å². The van der Waals surface area contributed by atoms with Gasteiger partial charge in [0.1, 0.15) is 10.5 Å². The standard InChI is InChI=1S/C14H12N2S2/c17-14-11-6-18-7-12(11)15-13(16-14)10-5-8-3-1-2-4-9(8)10/h1-4,10H,5-7H2,(H,15,16,17). The van der Waals surface area contributed by atoms with Gasteiger partial charge in [-0.15, -0.1) is 0 Å². The molecule has 1 atom stereocenters. The average molecular weight is 272 g/mol. The molecule has 0 radical (unpaired) electrons. The molecule has 0 fully saturated rings. The zero-order valence-electron chi connectivity index (χ0n) is 9.77. The van der Waals surface area contributed by atoms with E-state index in [2.05, 4.69) is 34.2 Å². The van der Waals surface area contributed by atoms with Gasteiger partial charge in [0.25, 0.3) is 0 Å². The summed E-state index contributed by atoms with van der Waals surface area (Å²) < 4.78 is 0.799. The maximum Gasteiger partial charge on any atom is 0.134 e. The Morgan fingerprint density at radius 3 is 3.06 bits per heavy atom. The van der Waals surface area contributed by atoms with Crippen LogP contribution in [0.2, 0.25) is 0 Å². The maximum atomic E-state index is 5.41. The molecule has 2 aliphatic rings. The number of rotatable bonds is 1. The van der Waals surface area contributed by atoms with Crippen molar-refractivity contribution in [1.29, 1.82) is 0 Å². The fourth-order valence-electron chi connectivity index (χ4n) is 2.76. The molecule has 1 aliphatic heterocycles. The highest BCUT2D eigenvalue weighted by Crippen LogP contribution is 2.39. The molecule has 1 N–H and O–H groups in total. The van der Waals surface area contributed by atoms with E-state index in [0.717, 1.165) is 28.4 Å². The number of H-pyrrole nitrogens is 1. The van der Waals surface area contributed by atoms with Gasteiger partial charge in [-0.25, -0.2) is 4.98 Å². The smallest absolute Gasteiger partial charge is 0.134 e. The molecule has 1 aromatic carbocycles. The number of aromatic nitrogens is 2. The number of hydrogen-bond donors (Lipinski definition) is 1. The number of nitrogens with zero attached hydrogens (tertiary/aromatic N) is 1. The first kappa shape index (κ1) is 10.8. The van der Waals surface area contributed by atoms with Gasteiger partial charge in [0, 0.05) is 28.7 Å². The predicted molar refractivity (Wildman–Crippen MR) is 76.4 cm³/mol. The van der Waals surface area contributed by atoms with Crippen LogP contribution in [-0.2, 0) is 17.9 Å². The van der Waals surface area contributed by atoms with Gasteiger partial charge in [-0.3, -0.25) is 0 Å². The van der Waals surface area contributed by atoms with Gasteiger partial charge in [0.15, 0.2) is 0 Å². The number of nitrogens with one attached hydrogen (secondary N) is 1. The summed E-state index contributed by atoms with van der Waals surface area (Å²) in [6.45, 7) is 0. The van der Waals surface area contributed by atoms with E-state index in [1.165, 1.54) is 22.4 Å². The summed E-state index contributed by atoms with van der Waals surface area (Å²) in [5.74, 6) is 3.53. The minimum atomic E-state index is 0.416. The Bertz CT molecular complexity index is 690. The molecule has 0 saturated carbocycles. The van der Waals surface area contributed by atoms with Crippen molar-refractivity contribution in [3.05, 3.63) is 57.1 Å². The summed E-state index contributed by atoms with van der Waals surface area (Å²) >= 11 is 7.32. The van der Waals surface area contributed by atoms with Crippen LogP contribution >= 0.6 is 24.0 Å². The lowest BCUT2D eigenvalue weighted by molar-refractivity contribution is 0.653. The van der Waals surface area contributed by atoms with Crippen LogP contribution in [0.3, 0.4) is 0 Å². The molecule has 2 heterocycles. The number of hydrogen-bond acceptors (Lipinski definition) is 3. The zero-order chi connectivity index (χ0) is 12.1. The minimum Gasteiger partial charge on any atom is -0.346 e. The maximum absolute atomic E-state index is 5.41. The van der Waals surface area contributed by atoms with Gasteiger partial charge in [-0.1, -0.05) is 36.5 Å². The molecule has 4 heteroatoms. The summed E-state index contributed by atoms with van der Waals surface area (Å²) in [5.41, 5.74) is 5.38. The van der Waals surface area contributed by atoms with Crippen LogP contribution in [0.25, 0.3) is 0 Å². The largest absolute Gasteiger partial charge is 0.346 e. The SMILES string of the molecule is S=c1nc(C2Cc3ccccc32)[nH]c2c1CSC2. The average Bonchev–Trinajstić information content (AvgIpc) is 2.79.